The van der Waals surface area contributed by atoms with Gasteiger partial charge in [-0.25, -0.2) is 9.78 Å². The van der Waals surface area contributed by atoms with Crippen molar-refractivity contribution in [2.75, 3.05) is 5.73 Å². The number of nitrogen functional groups attached to an aromatic ring is 1. The summed E-state index contributed by atoms with van der Waals surface area (Å²) in [5, 5.41) is 1.72. The summed E-state index contributed by atoms with van der Waals surface area (Å²) in [5.74, 6) is -0.495. The Kier molecular flexibility index (Phi) is 2.95. The molecule has 2 N–H and O–H groups in total. The molecule has 0 bridgehead atoms. The fourth-order valence-corrected chi connectivity index (χ4v) is 1.68. The van der Waals surface area contributed by atoms with Gasteiger partial charge in [0.15, 0.2) is 5.69 Å². The Morgan fingerprint density at radius 1 is 1.28 bits per heavy atom. The van der Waals surface area contributed by atoms with E-state index in [1.54, 1.807) is 6.20 Å². The zero-order valence-corrected chi connectivity index (χ0v) is 10.7. The molecule has 2 rings (SSSR count). The minimum atomic E-state index is -0.559. The third-order valence-corrected chi connectivity index (χ3v) is 2.43. The summed E-state index contributed by atoms with van der Waals surface area (Å²) in [6, 6.07) is 7.53. The van der Waals surface area contributed by atoms with Crippen molar-refractivity contribution in [2.45, 2.75) is 26.4 Å². The summed E-state index contributed by atoms with van der Waals surface area (Å²) in [6.07, 6.45) is 1.63. The molecule has 0 saturated heterocycles. The Hall–Kier alpha value is -2.10. The van der Waals surface area contributed by atoms with E-state index in [1.165, 1.54) is 0 Å². The number of fused-ring (bicyclic) bond motifs is 1. The number of rotatable bonds is 1. The molecule has 0 atom stereocenters. The second-order valence-electron chi connectivity index (χ2n) is 5.11. The molecule has 1 heterocycles. The number of hydrogen-bond donors (Lipinski definition) is 1. The fraction of sp³-hybridized carbons (Fsp3) is 0.286. The van der Waals surface area contributed by atoms with Gasteiger partial charge in [-0.3, -0.25) is 0 Å². The standard InChI is InChI=1S/C14H16N2O2/c1-14(2,3)18-13(17)12-11(15)10-7-5-4-6-9(10)8-16-12/h4-8H,15H2,1-3H3. The van der Waals surface area contributed by atoms with Crippen LogP contribution in [-0.2, 0) is 4.74 Å². The van der Waals surface area contributed by atoms with Crippen LogP contribution in [0.2, 0.25) is 0 Å². The lowest BCUT2D eigenvalue weighted by Gasteiger charge is -2.19. The molecule has 0 amide bonds. The van der Waals surface area contributed by atoms with Crippen molar-refractivity contribution in [3.05, 3.63) is 36.2 Å². The smallest absolute Gasteiger partial charge is 0.359 e. The second-order valence-corrected chi connectivity index (χ2v) is 5.11. The van der Waals surface area contributed by atoms with E-state index >= 15 is 0 Å². The zero-order valence-electron chi connectivity index (χ0n) is 10.7. The first-order valence-electron chi connectivity index (χ1n) is 5.75. The number of aromatic nitrogens is 1. The lowest BCUT2D eigenvalue weighted by Crippen LogP contribution is -2.25. The normalized spacial score (nSPS) is 11.5. The maximum atomic E-state index is 12.0. The number of esters is 1. The largest absolute Gasteiger partial charge is 0.455 e. The van der Waals surface area contributed by atoms with Crippen LogP contribution in [0.5, 0.6) is 0 Å². The summed E-state index contributed by atoms with van der Waals surface area (Å²) in [6.45, 7) is 5.42. The number of anilines is 1. The van der Waals surface area contributed by atoms with E-state index in [0.29, 0.717) is 5.69 Å². The third kappa shape index (κ3) is 2.42. The van der Waals surface area contributed by atoms with Crippen LogP contribution in [-0.4, -0.2) is 16.6 Å². The van der Waals surface area contributed by atoms with E-state index in [0.717, 1.165) is 10.8 Å². The van der Waals surface area contributed by atoms with E-state index < -0.39 is 11.6 Å². The van der Waals surface area contributed by atoms with Crippen molar-refractivity contribution in [1.29, 1.82) is 0 Å². The van der Waals surface area contributed by atoms with Crippen molar-refractivity contribution in [3.63, 3.8) is 0 Å². The van der Waals surface area contributed by atoms with Gasteiger partial charge in [0.2, 0.25) is 0 Å². The van der Waals surface area contributed by atoms with Gasteiger partial charge in [-0.2, -0.15) is 0 Å². The van der Waals surface area contributed by atoms with Gasteiger partial charge in [0.25, 0.3) is 0 Å². The number of nitrogens with zero attached hydrogens (tertiary/aromatic N) is 1. The van der Waals surface area contributed by atoms with Crippen molar-refractivity contribution in [1.82, 2.24) is 4.98 Å². The van der Waals surface area contributed by atoms with Gasteiger partial charge in [0, 0.05) is 17.0 Å². The molecule has 0 aliphatic heterocycles. The molecule has 0 fully saturated rings. The van der Waals surface area contributed by atoms with Crippen molar-refractivity contribution >= 4 is 22.4 Å². The van der Waals surface area contributed by atoms with E-state index in [4.69, 9.17) is 10.5 Å². The Morgan fingerprint density at radius 2 is 1.94 bits per heavy atom. The number of nitrogens with two attached hydrogens (primary N) is 1. The number of benzene rings is 1. The van der Waals surface area contributed by atoms with Crippen molar-refractivity contribution < 1.29 is 9.53 Å². The van der Waals surface area contributed by atoms with Crippen molar-refractivity contribution in [2.24, 2.45) is 0 Å². The highest BCUT2D eigenvalue weighted by molar-refractivity contribution is 6.03. The van der Waals surface area contributed by atoms with Gasteiger partial charge < -0.3 is 10.5 Å². The zero-order chi connectivity index (χ0) is 13.3. The van der Waals surface area contributed by atoms with Crippen LogP contribution in [0.1, 0.15) is 31.3 Å². The van der Waals surface area contributed by atoms with Crippen molar-refractivity contribution in [3.8, 4) is 0 Å². The van der Waals surface area contributed by atoms with Crippen LogP contribution in [0.4, 0.5) is 5.69 Å². The molecule has 4 nitrogen and oxygen atoms in total. The summed E-state index contributed by atoms with van der Waals surface area (Å²) < 4.78 is 5.27. The molecule has 0 spiro atoms. The van der Waals surface area contributed by atoms with Gasteiger partial charge in [0.05, 0.1) is 5.69 Å². The molecular formula is C14H16N2O2. The minimum absolute atomic E-state index is 0.170. The van der Waals surface area contributed by atoms with Crippen LogP contribution in [0.15, 0.2) is 30.5 Å². The predicted molar refractivity (Wildman–Crippen MR) is 71.3 cm³/mol. The first kappa shape index (κ1) is 12.4. The lowest BCUT2D eigenvalue weighted by molar-refractivity contribution is 0.00644. The van der Waals surface area contributed by atoms with Gasteiger partial charge in [-0.15, -0.1) is 0 Å². The second kappa shape index (κ2) is 4.29. The maximum absolute atomic E-state index is 12.0. The fourth-order valence-electron chi connectivity index (χ4n) is 1.68. The maximum Gasteiger partial charge on any atom is 0.359 e. The number of ether oxygens (including phenoxy) is 1. The molecule has 94 valence electrons. The van der Waals surface area contributed by atoms with E-state index in [2.05, 4.69) is 4.98 Å². The van der Waals surface area contributed by atoms with E-state index in [9.17, 15) is 4.79 Å². The summed E-state index contributed by atoms with van der Waals surface area (Å²) >= 11 is 0. The monoisotopic (exact) mass is 244 g/mol. The molecule has 0 aliphatic rings. The molecule has 1 aromatic carbocycles. The molecule has 1 aromatic heterocycles. The Labute approximate surface area is 106 Å². The van der Waals surface area contributed by atoms with E-state index in [-0.39, 0.29) is 5.69 Å². The molecule has 0 aliphatic carbocycles. The van der Waals surface area contributed by atoms with Crippen LogP contribution in [0.3, 0.4) is 0 Å². The van der Waals surface area contributed by atoms with E-state index in [1.807, 2.05) is 45.0 Å². The Balaban J connectivity index is 2.46. The number of hydrogen-bond acceptors (Lipinski definition) is 4. The number of pyridine rings is 1. The van der Waals surface area contributed by atoms with Crippen LogP contribution in [0, 0.1) is 0 Å². The predicted octanol–water partition coefficient (Wildman–Crippen LogP) is 2.77. The minimum Gasteiger partial charge on any atom is -0.455 e. The average Bonchev–Trinajstić information content (AvgIpc) is 2.27. The first-order valence-corrected chi connectivity index (χ1v) is 5.75. The Morgan fingerprint density at radius 3 is 2.61 bits per heavy atom. The molecule has 0 unspecified atom stereocenters. The third-order valence-electron chi connectivity index (χ3n) is 2.43. The summed E-state index contributed by atoms with van der Waals surface area (Å²) in [5.41, 5.74) is 5.95. The molecule has 4 heteroatoms. The van der Waals surface area contributed by atoms with Gasteiger partial charge in [-0.05, 0) is 20.8 Å². The average molecular weight is 244 g/mol. The van der Waals surface area contributed by atoms with Crippen LogP contribution >= 0.6 is 0 Å². The molecule has 0 radical (unpaired) electrons. The number of carbonyl (C=O) groups is 1. The molecule has 2 aromatic rings. The summed E-state index contributed by atoms with van der Waals surface area (Å²) in [4.78, 5) is 16.1. The van der Waals surface area contributed by atoms with Gasteiger partial charge >= 0.3 is 5.97 Å². The lowest BCUT2D eigenvalue weighted by atomic mass is 10.1. The Bertz CT molecular complexity index is 600. The van der Waals surface area contributed by atoms with Crippen LogP contribution in [0.25, 0.3) is 10.8 Å². The summed E-state index contributed by atoms with van der Waals surface area (Å²) in [7, 11) is 0. The van der Waals surface area contributed by atoms with Gasteiger partial charge in [0.1, 0.15) is 5.60 Å². The highest BCUT2D eigenvalue weighted by atomic mass is 16.6. The first-order chi connectivity index (χ1) is 8.38. The molecular weight excluding hydrogens is 228 g/mol. The highest BCUT2D eigenvalue weighted by Crippen LogP contribution is 2.24. The topological polar surface area (TPSA) is 65.2 Å². The molecule has 0 saturated carbocycles. The molecule has 18 heavy (non-hydrogen) atoms. The number of carbonyl (C=O) groups excluding carboxylic acids is 1. The van der Waals surface area contributed by atoms with Crippen LogP contribution < -0.4 is 5.73 Å². The quantitative estimate of drug-likeness (QED) is 0.783. The SMILES string of the molecule is CC(C)(C)OC(=O)c1ncc2ccccc2c1N. The van der Waals surface area contributed by atoms with Gasteiger partial charge in [-0.1, -0.05) is 24.3 Å². The highest BCUT2D eigenvalue weighted by Gasteiger charge is 2.21.